The number of halogens is 1. The highest BCUT2D eigenvalue weighted by Gasteiger charge is 2.11. The highest BCUT2D eigenvalue weighted by molar-refractivity contribution is 9.10. The third kappa shape index (κ3) is 5.08. The first-order valence-electron chi connectivity index (χ1n) is 6.00. The van der Waals surface area contributed by atoms with E-state index < -0.39 is 5.97 Å². The number of nitrogens with one attached hydrogen (secondary N) is 1. The molecule has 0 aliphatic carbocycles. The number of carboxylic acid groups (broad SMARTS) is 1. The molecule has 0 bridgehead atoms. The molecule has 1 aromatic rings. The van der Waals surface area contributed by atoms with Gasteiger partial charge in [0, 0.05) is 6.54 Å². The second-order valence-electron chi connectivity index (χ2n) is 3.95. The molecule has 0 unspecified atom stereocenters. The van der Waals surface area contributed by atoms with E-state index in [0.29, 0.717) is 24.7 Å². The van der Waals surface area contributed by atoms with Gasteiger partial charge >= 0.3 is 5.97 Å². The lowest BCUT2D eigenvalue weighted by atomic mass is 10.2. The van der Waals surface area contributed by atoms with Gasteiger partial charge in [0.05, 0.1) is 24.7 Å². The van der Waals surface area contributed by atoms with E-state index >= 15 is 0 Å². The van der Waals surface area contributed by atoms with Crippen molar-refractivity contribution in [2.24, 2.45) is 0 Å². The Morgan fingerprint density at radius 3 is 2.79 bits per heavy atom. The maximum atomic E-state index is 10.4. The van der Waals surface area contributed by atoms with Crippen molar-refractivity contribution in [1.29, 1.82) is 0 Å². The van der Waals surface area contributed by atoms with Gasteiger partial charge in [0.1, 0.15) is 0 Å². The largest absolute Gasteiger partial charge is 0.493 e. The summed E-state index contributed by atoms with van der Waals surface area (Å²) in [5.74, 6) is 0.426. The van der Waals surface area contributed by atoms with E-state index in [1.807, 2.05) is 19.1 Å². The molecule has 5 nitrogen and oxygen atoms in total. The average Bonchev–Trinajstić information content (AvgIpc) is 2.36. The minimum atomic E-state index is -0.881. The van der Waals surface area contributed by atoms with Gasteiger partial charge in [-0.15, -0.1) is 0 Å². The van der Waals surface area contributed by atoms with E-state index in [0.717, 1.165) is 16.5 Å². The number of rotatable bonds is 8. The molecule has 2 N–H and O–H groups in total. The molecule has 19 heavy (non-hydrogen) atoms. The maximum absolute atomic E-state index is 10.4. The molecule has 1 rings (SSSR count). The molecule has 0 radical (unpaired) electrons. The van der Waals surface area contributed by atoms with Gasteiger partial charge in [-0.05, 0) is 40.0 Å². The fourth-order valence-electron chi connectivity index (χ4n) is 1.53. The summed E-state index contributed by atoms with van der Waals surface area (Å²) in [6, 6.07) is 3.73. The Morgan fingerprint density at radius 1 is 1.47 bits per heavy atom. The van der Waals surface area contributed by atoms with E-state index in [4.69, 9.17) is 14.6 Å². The van der Waals surface area contributed by atoms with E-state index in [2.05, 4.69) is 21.2 Å². The van der Waals surface area contributed by atoms with Crippen LogP contribution >= 0.6 is 15.9 Å². The highest BCUT2D eigenvalue weighted by atomic mass is 79.9. The Labute approximate surface area is 121 Å². The Kier molecular flexibility index (Phi) is 6.66. The second-order valence-corrected chi connectivity index (χ2v) is 4.81. The molecule has 0 aliphatic heterocycles. The lowest BCUT2D eigenvalue weighted by Crippen LogP contribution is -2.21. The summed E-state index contributed by atoms with van der Waals surface area (Å²) in [6.45, 7) is 3.03. The van der Waals surface area contributed by atoms with Crippen LogP contribution < -0.4 is 14.8 Å². The van der Waals surface area contributed by atoms with Crippen LogP contribution in [0.4, 0.5) is 0 Å². The van der Waals surface area contributed by atoms with Crippen LogP contribution in [-0.4, -0.2) is 31.3 Å². The number of aliphatic carboxylic acids is 1. The van der Waals surface area contributed by atoms with Crippen LogP contribution in [0.3, 0.4) is 0 Å². The van der Waals surface area contributed by atoms with Crippen LogP contribution in [0.25, 0.3) is 0 Å². The van der Waals surface area contributed by atoms with E-state index in [-0.39, 0.29) is 6.54 Å². The van der Waals surface area contributed by atoms with Crippen molar-refractivity contribution in [1.82, 2.24) is 5.32 Å². The number of hydrogen-bond donors (Lipinski definition) is 2. The van der Waals surface area contributed by atoms with E-state index in [1.165, 1.54) is 0 Å². The van der Waals surface area contributed by atoms with Gasteiger partial charge in [0.25, 0.3) is 0 Å². The summed E-state index contributed by atoms with van der Waals surface area (Å²) in [6.07, 6.45) is 0.914. The van der Waals surface area contributed by atoms with Crippen LogP contribution in [0.15, 0.2) is 16.6 Å². The Balaban J connectivity index is 2.80. The predicted molar refractivity (Wildman–Crippen MR) is 75.8 cm³/mol. The molecule has 0 atom stereocenters. The molecule has 0 amide bonds. The third-order valence-corrected chi connectivity index (χ3v) is 2.93. The molecular weight excluding hydrogens is 314 g/mol. The van der Waals surface area contributed by atoms with Crippen molar-refractivity contribution in [3.05, 3.63) is 22.2 Å². The molecule has 0 saturated carbocycles. The van der Waals surface area contributed by atoms with Gasteiger partial charge in [-0.3, -0.25) is 4.79 Å². The highest BCUT2D eigenvalue weighted by Crippen LogP contribution is 2.36. The molecule has 0 spiro atoms. The molecular formula is C13H18BrNO4. The van der Waals surface area contributed by atoms with Crippen molar-refractivity contribution in [3.63, 3.8) is 0 Å². The van der Waals surface area contributed by atoms with Gasteiger partial charge in [-0.25, -0.2) is 0 Å². The average molecular weight is 332 g/mol. The number of hydrogen-bond acceptors (Lipinski definition) is 4. The Morgan fingerprint density at radius 2 is 2.21 bits per heavy atom. The SMILES string of the molecule is CCCOc1c(Br)cc(CNCC(=O)O)cc1OC. The summed E-state index contributed by atoms with van der Waals surface area (Å²) < 4.78 is 11.7. The van der Waals surface area contributed by atoms with Crippen LogP contribution in [0.2, 0.25) is 0 Å². The van der Waals surface area contributed by atoms with Crippen LogP contribution in [0.1, 0.15) is 18.9 Å². The normalized spacial score (nSPS) is 10.3. The van der Waals surface area contributed by atoms with Crippen molar-refractivity contribution in [2.45, 2.75) is 19.9 Å². The van der Waals surface area contributed by atoms with Crippen molar-refractivity contribution < 1.29 is 19.4 Å². The first kappa shape index (κ1) is 15.8. The lowest BCUT2D eigenvalue weighted by Gasteiger charge is -2.14. The Bertz CT molecular complexity index is 437. The summed E-state index contributed by atoms with van der Waals surface area (Å²) in [7, 11) is 1.58. The van der Waals surface area contributed by atoms with Gasteiger partial charge < -0.3 is 19.9 Å². The first-order chi connectivity index (χ1) is 9.08. The van der Waals surface area contributed by atoms with E-state index in [9.17, 15) is 4.79 Å². The summed E-state index contributed by atoms with van der Waals surface area (Å²) in [5.41, 5.74) is 0.925. The van der Waals surface area contributed by atoms with Gasteiger partial charge in [0.2, 0.25) is 0 Å². The van der Waals surface area contributed by atoms with Crippen LogP contribution in [0, 0.1) is 0 Å². The number of ether oxygens (including phenoxy) is 2. The molecule has 6 heteroatoms. The maximum Gasteiger partial charge on any atom is 0.317 e. The van der Waals surface area contributed by atoms with Gasteiger partial charge in [-0.2, -0.15) is 0 Å². The zero-order valence-corrected chi connectivity index (χ0v) is 12.6. The minimum Gasteiger partial charge on any atom is -0.493 e. The molecule has 0 fully saturated rings. The van der Waals surface area contributed by atoms with Gasteiger partial charge in [0.15, 0.2) is 11.5 Å². The van der Waals surface area contributed by atoms with Crippen molar-refractivity contribution in [2.75, 3.05) is 20.3 Å². The molecule has 0 aliphatic rings. The fourth-order valence-corrected chi connectivity index (χ4v) is 2.14. The number of carboxylic acids is 1. The molecule has 1 aromatic carbocycles. The lowest BCUT2D eigenvalue weighted by molar-refractivity contribution is -0.135. The molecule has 0 aromatic heterocycles. The summed E-state index contributed by atoms with van der Waals surface area (Å²) >= 11 is 3.44. The molecule has 106 valence electrons. The fraction of sp³-hybridized carbons (Fsp3) is 0.462. The standard InChI is InChI=1S/C13H18BrNO4/c1-3-4-19-13-10(14)5-9(6-11(13)18-2)7-15-8-12(16)17/h5-6,15H,3-4,7-8H2,1-2H3,(H,16,17). The zero-order chi connectivity index (χ0) is 14.3. The molecule has 0 saturated heterocycles. The second kappa shape index (κ2) is 8.01. The van der Waals surface area contributed by atoms with Crippen molar-refractivity contribution >= 4 is 21.9 Å². The van der Waals surface area contributed by atoms with Crippen LogP contribution in [-0.2, 0) is 11.3 Å². The monoisotopic (exact) mass is 331 g/mol. The smallest absolute Gasteiger partial charge is 0.317 e. The number of methoxy groups -OCH3 is 1. The first-order valence-corrected chi connectivity index (χ1v) is 6.79. The molecule has 0 heterocycles. The zero-order valence-electron chi connectivity index (χ0n) is 11.0. The van der Waals surface area contributed by atoms with Crippen molar-refractivity contribution in [3.8, 4) is 11.5 Å². The topological polar surface area (TPSA) is 67.8 Å². The Hall–Kier alpha value is -1.27. The summed E-state index contributed by atoms with van der Waals surface area (Å²) in [4.78, 5) is 10.4. The minimum absolute atomic E-state index is 0.0754. The quantitative estimate of drug-likeness (QED) is 0.765. The van der Waals surface area contributed by atoms with Gasteiger partial charge in [-0.1, -0.05) is 6.92 Å². The summed E-state index contributed by atoms with van der Waals surface area (Å²) in [5, 5.41) is 11.4. The van der Waals surface area contributed by atoms with E-state index in [1.54, 1.807) is 7.11 Å². The number of benzene rings is 1. The predicted octanol–water partition coefficient (Wildman–Crippen LogP) is 2.42. The van der Waals surface area contributed by atoms with Crippen LogP contribution in [0.5, 0.6) is 11.5 Å². The third-order valence-electron chi connectivity index (χ3n) is 2.35. The number of carbonyl (C=O) groups is 1.